The van der Waals surface area contributed by atoms with Crippen LogP contribution in [0.1, 0.15) is 18.4 Å². The van der Waals surface area contributed by atoms with Crippen LogP contribution in [0, 0.1) is 11.8 Å². The van der Waals surface area contributed by atoms with Crippen molar-refractivity contribution in [1.82, 2.24) is 4.90 Å². The van der Waals surface area contributed by atoms with E-state index in [1.165, 1.54) is 5.56 Å². The van der Waals surface area contributed by atoms with E-state index in [-0.39, 0.29) is 0 Å². The van der Waals surface area contributed by atoms with Crippen molar-refractivity contribution in [3.05, 3.63) is 48.0 Å². The van der Waals surface area contributed by atoms with Gasteiger partial charge in [0.1, 0.15) is 0 Å². The Balaban J connectivity index is 2.05. The molecule has 0 fully saturated rings. The van der Waals surface area contributed by atoms with Gasteiger partial charge in [0.15, 0.2) is 0 Å². The molecule has 1 aliphatic rings. The number of allylic oxidation sites excluding steroid dienone is 2. The molecule has 1 nitrogen and oxygen atoms in total. The number of benzene rings is 1. The molecule has 0 heterocycles. The van der Waals surface area contributed by atoms with Gasteiger partial charge in [0.25, 0.3) is 0 Å². The summed E-state index contributed by atoms with van der Waals surface area (Å²) in [4.78, 5) is 2.23. The fourth-order valence-electron chi connectivity index (χ4n) is 2.95. The molecule has 0 aromatic heterocycles. The predicted octanol–water partition coefficient (Wildman–Crippen LogP) is 5.68. The molecule has 0 aliphatic heterocycles. The fourth-order valence-corrected chi connectivity index (χ4v) is 3.84. The van der Waals surface area contributed by atoms with Crippen molar-refractivity contribution < 1.29 is 0 Å². The molecule has 1 aromatic carbocycles. The second-order valence-electron chi connectivity index (χ2n) is 5.89. The predicted molar refractivity (Wildman–Crippen MR) is 98.1 cm³/mol. The van der Waals surface area contributed by atoms with E-state index in [4.69, 9.17) is 46.4 Å². The number of hydrogen-bond acceptors (Lipinski definition) is 1. The van der Waals surface area contributed by atoms with Gasteiger partial charge in [0.05, 0.1) is 0 Å². The van der Waals surface area contributed by atoms with Crippen molar-refractivity contribution in [2.45, 2.75) is 23.2 Å². The van der Waals surface area contributed by atoms with E-state index in [2.05, 4.69) is 29.2 Å². The monoisotopic (exact) mass is 379 g/mol. The molecule has 0 saturated heterocycles. The molecule has 1 aromatic rings. The van der Waals surface area contributed by atoms with Gasteiger partial charge in [-0.25, -0.2) is 0 Å². The van der Waals surface area contributed by atoms with Crippen LogP contribution in [0.2, 0.25) is 0 Å². The van der Waals surface area contributed by atoms with E-state index in [9.17, 15) is 0 Å². The number of rotatable bonds is 6. The maximum Gasteiger partial charge on any atom is 0.203 e. The molecule has 0 radical (unpaired) electrons. The topological polar surface area (TPSA) is 3.24 Å². The van der Waals surface area contributed by atoms with Crippen molar-refractivity contribution in [2.24, 2.45) is 11.8 Å². The molecule has 2 atom stereocenters. The molecule has 0 unspecified atom stereocenters. The van der Waals surface area contributed by atoms with E-state index in [0.717, 1.165) is 25.9 Å². The third-order valence-electron chi connectivity index (χ3n) is 4.05. The van der Waals surface area contributed by atoms with E-state index < -0.39 is 3.79 Å². The van der Waals surface area contributed by atoms with Gasteiger partial charge in [0, 0.05) is 25.5 Å². The lowest BCUT2D eigenvalue weighted by Crippen LogP contribution is -2.38. The molecular weight excluding hydrogens is 360 g/mol. The van der Waals surface area contributed by atoms with Gasteiger partial charge >= 0.3 is 0 Å². The number of nitrogens with zero attached hydrogens (tertiary/aromatic N) is 1. The Bertz CT molecular complexity index is 469. The highest BCUT2D eigenvalue weighted by molar-refractivity contribution is 6.67. The lowest BCUT2D eigenvalue weighted by molar-refractivity contribution is 0.189. The first-order valence-corrected chi connectivity index (χ1v) is 9.19. The van der Waals surface area contributed by atoms with Crippen LogP contribution in [0.5, 0.6) is 0 Å². The summed E-state index contributed by atoms with van der Waals surface area (Å²) in [6.45, 7) is 2.09. The first-order chi connectivity index (χ1) is 10.5. The Morgan fingerprint density at radius 3 is 2.23 bits per heavy atom. The van der Waals surface area contributed by atoms with Gasteiger partial charge in [-0.1, -0.05) is 77.3 Å². The van der Waals surface area contributed by atoms with Crippen LogP contribution in [0.4, 0.5) is 0 Å². The molecule has 22 heavy (non-hydrogen) atoms. The first-order valence-electron chi connectivity index (χ1n) is 7.52. The largest absolute Gasteiger partial charge is 0.295 e. The summed E-state index contributed by atoms with van der Waals surface area (Å²) in [5, 5.41) is 0. The summed E-state index contributed by atoms with van der Waals surface area (Å²) < 4.78 is -1.27. The van der Waals surface area contributed by atoms with Crippen molar-refractivity contribution >= 4 is 46.4 Å². The van der Waals surface area contributed by atoms with Crippen molar-refractivity contribution in [3.63, 3.8) is 0 Å². The summed E-state index contributed by atoms with van der Waals surface area (Å²) in [5.41, 5.74) is 1.23. The standard InChI is InChI=1S/C17H21Cl4N/c18-10-15-8-4-5-9-16(15)12-22(13-17(19,20)21)11-14-6-2-1-3-7-14/h1-7,15-16H,8-13H2/t15-,16+/m1/s1. The SMILES string of the molecule is ClC[C@H]1CC=CC[C@H]1CN(Cc1ccccc1)CC(Cl)(Cl)Cl. The summed E-state index contributed by atoms with van der Waals surface area (Å²) in [6.07, 6.45) is 6.55. The van der Waals surface area contributed by atoms with Crippen molar-refractivity contribution in [1.29, 1.82) is 0 Å². The summed E-state index contributed by atoms with van der Waals surface area (Å²) in [6, 6.07) is 10.3. The Labute approximate surface area is 153 Å². The van der Waals surface area contributed by atoms with E-state index >= 15 is 0 Å². The maximum atomic E-state index is 6.12. The summed E-state index contributed by atoms with van der Waals surface area (Å²) in [7, 11) is 0. The van der Waals surface area contributed by atoms with Crippen LogP contribution < -0.4 is 0 Å². The highest BCUT2D eigenvalue weighted by Crippen LogP contribution is 2.31. The number of hydrogen-bond donors (Lipinski definition) is 0. The van der Waals surface area contributed by atoms with Crippen LogP contribution in [-0.4, -0.2) is 27.7 Å². The molecule has 0 N–H and O–H groups in total. The van der Waals surface area contributed by atoms with Crippen LogP contribution in [0.15, 0.2) is 42.5 Å². The third kappa shape index (κ3) is 6.29. The maximum absolute atomic E-state index is 6.12. The Hall–Kier alpha value is 0.0800. The summed E-state index contributed by atoms with van der Waals surface area (Å²) in [5.74, 6) is 1.70. The highest BCUT2D eigenvalue weighted by Gasteiger charge is 2.28. The van der Waals surface area contributed by atoms with Crippen LogP contribution >= 0.6 is 46.4 Å². The molecule has 0 spiro atoms. The smallest absolute Gasteiger partial charge is 0.203 e. The van der Waals surface area contributed by atoms with E-state index in [1.807, 2.05) is 18.2 Å². The normalized spacial score (nSPS) is 22.2. The molecule has 2 rings (SSSR count). The lowest BCUT2D eigenvalue weighted by Gasteiger charge is -2.34. The molecule has 0 saturated carbocycles. The summed E-state index contributed by atoms with van der Waals surface area (Å²) >= 11 is 24.2. The average Bonchev–Trinajstić information content (AvgIpc) is 2.47. The van der Waals surface area contributed by atoms with Gasteiger partial charge in [-0.15, -0.1) is 11.6 Å². The minimum atomic E-state index is -1.27. The Morgan fingerprint density at radius 2 is 1.64 bits per heavy atom. The number of halogens is 4. The third-order valence-corrected chi connectivity index (χ3v) is 4.81. The van der Waals surface area contributed by atoms with Crippen LogP contribution in [0.25, 0.3) is 0 Å². The van der Waals surface area contributed by atoms with Crippen molar-refractivity contribution in [3.8, 4) is 0 Å². The van der Waals surface area contributed by atoms with Crippen molar-refractivity contribution in [2.75, 3.05) is 19.0 Å². The second kappa shape index (κ2) is 8.80. The highest BCUT2D eigenvalue weighted by atomic mass is 35.6. The Kier molecular flexibility index (Phi) is 7.37. The van der Waals surface area contributed by atoms with Gasteiger partial charge in [0.2, 0.25) is 3.79 Å². The molecule has 1 aliphatic carbocycles. The number of alkyl halides is 4. The fraction of sp³-hybridized carbons (Fsp3) is 0.529. The van der Waals surface area contributed by atoms with Gasteiger partial charge in [-0.05, 0) is 30.2 Å². The molecule has 5 heteroatoms. The molecule has 0 amide bonds. The van der Waals surface area contributed by atoms with Crippen LogP contribution in [-0.2, 0) is 6.54 Å². The quantitative estimate of drug-likeness (QED) is 0.453. The first kappa shape index (κ1) is 18.4. The zero-order chi connectivity index (χ0) is 16.0. The van der Waals surface area contributed by atoms with Crippen LogP contribution in [0.3, 0.4) is 0 Å². The zero-order valence-corrected chi connectivity index (χ0v) is 15.4. The molecule has 122 valence electrons. The minimum absolute atomic E-state index is 0.418. The average molecular weight is 381 g/mol. The second-order valence-corrected chi connectivity index (χ2v) is 8.71. The Morgan fingerprint density at radius 1 is 1.00 bits per heavy atom. The molecule has 0 bridgehead atoms. The van der Waals surface area contributed by atoms with Gasteiger partial charge in [-0.2, -0.15) is 0 Å². The molecular formula is C17H21Cl4N. The lowest BCUT2D eigenvalue weighted by atomic mass is 9.84. The van der Waals surface area contributed by atoms with E-state index in [0.29, 0.717) is 24.3 Å². The zero-order valence-electron chi connectivity index (χ0n) is 12.4. The van der Waals surface area contributed by atoms with Gasteiger partial charge < -0.3 is 0 Å². The van der Waals surface area contributed by atoms with Gasteiger partial charge in [-0.3, -0.25) is 4.90 Å². The minimum Gasteiger partial charge on any atom is -0.295 e. The van der Waals surface area contributed by atoms with E-state index in [1.54, 1.807) is 0 Å².